The fourth-order valence-corrected chi connectivity index (χ4v) is 2.65. The van der Waals surface area contributed by atoms with E-state index in [9.17, 15) is 14.0 Å². The van der Waals surface area contributed by atoms with Crippen molar-refractivity contribution in [3.8, 4) is 0 Å². The lowest BCUT2D eigenvalue weighted by atomic mass is 10.1. The van der Waals surface area contributed by atoms with E-state index in [-0.39, 0.29) is 11.5 Å². The lowest BCUT2D eigenvalue weighted by Crippen LogP contribution is -2.37. The van der Waals surface area contributed by atoms with Gasteiger partial charge in [-0.3, -0.25) is 9.59 Å². The number of carbonyl (C=O) groups is 2. The zero-order valence-electron chi connectivity index (χ0n) is 14.6. The molecule has 0 spiro atoms. The largest absolute Gasteiger partial charge is 0.368 e. The molecule has 0 bridgehead atoms. The van der Waals surface area contributed by atoms with Crippen molar-refractivity contribution in [1.82, 2.24) is 20.3 Å². The fourth-order valence-electron chi connectivity index (χ4n) is 2.65. The Bertz CT molecular complexity index is 954. The summed E-state index contributed by atoms with van der Waals surface area (Å²) in [5.74, 6) is -1.55. The summed E-state index contributed by atoms with van der Waals surface area (Å²) >= 11 is 0. The van der Waals surface area contributed by atoms with Gasteiger partial charge in [-0.2, -0.15) is 0 Å². The maximum atomic E-state index is 13.0. The average molecular weight is 367 g/mol. The molecule has 8 heteroatoms. The first-order valence-corrected chi connectivity index (χ1v) is 8.25. The van der Waals surface area contributed by atoms with Crippen LogP contribution in [0.2, 0.25) is 0 Å². The Balaban J connectivity index is 1.78. The molecule has 0 radical (unpaired) electrons. The van der Waals surface area contributed by atoms with E-state index in [0.29, 0.717) is 17.8 Å². The number of nitrogens with zero attached hydrogens (tertiary/aromatic N) is 3. The van der Waals surface area contributed by atoms with E-state index >= 15 is 0 Å². The molecular formula is C19H18FN5O2. The van der Waals surface area contributed by atoms with Gasteiger partial charge in [0.05, 0.1) is 12.2 Å². The highest BCUT2D eigenvalue weighted by molar-refractivity contribution is 5.96. The summed E-state index contributed by atoms with van der Waals surface area (Å²) in [6, 6.07) is 13.7. The number of nitrogens with two attached hydrogens (primary N) is 1. The van der Waals surface area contributed by atoms with E-state index < -0.39 is 17.9 Å². The molecule has 1 aromatic heterocycles. The van der Waals surface area contributed by atoms with Crippen LogP contribution in [-0.4, -0.2) is 26.8 Å². The van der Waals surface area contributed by atoms with Crippen molar-refractivity contribution in [3.05, 3.63) is 82.9 Å². The molecular weight excluding hydrogens is 349 g/mol. The van der Waals surface area contributed by atoms with E-state index in [0.717, 1.165) is 5.56 Å². The van der Waals surface area contributed by atoms with Gasteiger partial charge in [-0.05, 0) is 30.2 Å². The predicted octanol–water partition coefficient (Wildman–Crippen LogP) is 1.73. The second kappa shape index (κ2) is 7.77. The Kier molecular flexibility index (Phi) is 5.25. The summed E-state index contributed by atoms with van der Waals surface area (Å²) in [7, 11) is 0. The van der Waals surface area contributed by atoms with Crippen molar-refractivity contribution >= 4 is 11.8 Å². The number of amides is 2. The van der Waals surface area contributed by atoms with Crippen molar-refractivity contribution in [2.24, 2.45) is 5.73 Å². The first-order valence-electron chi connectivity index (χ1n) is 8.25. The summed E-state index contributed by atoms with van der Waals surface area (Å²) < 4.78 is 14.5. The number of nitrogens with one attached hydrogen (secondary N) is 1. The molecule has 1 atom stereocenters. The Labute approximate surface area is 155 Å². The lowest BCUT2D eigenvalue weighted by molar-refractivity contribution is -0.120. The van der Waals surface area contributed by atoms with Gasteiger partial charge in [-0.1, -0.05) is 47.7 Å². The number of benzene rings is 2. The standard InChI is InChI=1S/C19H18FN5O2/c1-12-16(23-24-25(12)11-13-7-9-15(20)10-8-13)19(27)22-17(18(21)26)14-5-3-2-4-6-14/h2-10,17H,11H2,1H3,(H2,21,26)(H,22,27). The summed E-state index contributed by atoms with van der Waals surface area (Å²) in [6.45, 7) is 2.03. The zero-order chi connectivity index (χ0) is 19.4. The molecule has 2 aromatic carbocycles. The minimum absolute atomic E-state index is 0.0966. The molecule has 138 valence electrons. The van der Waals surface area contributed by atoms with Gasteiger partial charge in [0.2, 0.25) is 5.91 Å². The number of primary amides is 1. The van der Waals surface area contributed by atoms with Crippen molar-refractivity contribution in [2.45, 2.75) is 19.5 Å². The van der Waals surface area contributed by atoms with Crippen LogP contribution in [0.5, 0.6) is 0 Å². The molecule has 0 fully saturated rings. The van der Waals surface area contributed by atoms with E-state index in [1.54, 1.807) is 49.4 Å². The molecule has 1 heterocycles. The van der Waals surface area contributed by atoms with Crippen LogP contribution in [0.15, 0.2) is 54.6 Å². The summed E-state index contributed by atoms with van der Waals surface area (Å²) in [6.07, 6.45) is 0. The lowest BCUT2D eigenvalue weighted by Gasteiger charge is -2.15. The molecule has 0 aliphatic heterocycles. The maximum absolute atomic E-state index is 13.0. The minimum Gasteiger partial charge on any atom is -0.368 e. The Hall–Kier alpha value is -3.55. The monoisotopic (exact) mass is 367 g/mol. The molecule has 3 N–H and O–H groups in total. The van der Waals surface area contributed by atoms with Crippen LogP contribution in [0.1, 0.15) is 33.4 Å². The van der Waals surface area contributed by atoms with Crippen molar-refractivity contribution < 1.29 is 14.0 Å². The average Bonchev–Trinajstić information content (AvgIpc) is 3.02. The number of carbonyl (C=O) groups excluding carboxylic acids is 2. The molecule has 3 aromatic rings. The molecule has 7 nitrogen and oxygen atoms in total. The normalized spacial score (nSPS) is 11.8. The third kappa shape index (κ3) is 4.17. The number of aromatic nitrogens is 3. The number of rotatable bonds is 6. The van der Waals surface area contributed by atoms with E-state index in [1.807, 2.05) is 0 Å². The van der Waals surface area contributed by atoms with Crippen LogP contribution in [0.25, 0.3) is 0 Å². The van der Waals surface area contributed by atoms with Crippen LogP contribution in [0.3, 0.4) is 0 Å². The summed E-state index contributed by atoms with van der Waals surface area (Å²) in [5, 5.41) is 10.5. The minimum atomic E-state index is -0.972. The van der Waals surface area contributed by atoms with Crippen LogP contribution in [0, 0.1) is 12.7 Å². The zero-order valence-corrected chi connectivity index (χ0v) is 14.6. The Morgan fingerprint density at radius 3 is 2.44 bits per heavy atom. The highest BCUT2D eigenvalue weighted by Gasteiger charge is 2.24. The van der Waals surface area contributed by atoms with Crippen LogP contribution in [0.4, 0.5) is 4.39 Å². The first-order chi connectivity index (χ1) is 13.0. The Morgan fingerprint density at radius 2 is 1.81 bits per heavy atom. The van der Waals surface area contributed by atoms with Crippen LogP contribution >= 0.6 is 0 Å². The molecule has 3 rings (SSSR count). The molecule has 0 saturated carbocycles. The Morgan fingerprint density at radius 1 is 1.15 bits per heavy atom. The van der Waals surface area contributed by atoms with Crippen molar-refractivity contribution in [2.75, 3.05) is 0 Å². The molecule has 0 aliphatic rings. The molecule has 1 unspecified atom stereocenters. The second-order valence-corrected chi connectivity index (χ2v) is 6.03. The molecule has 0 aliphatic carbocycles. The summed E-state index contributed by atoms with van der Waals surface area (Å²) in [4.78, 5) is 24.3. The third-order valence-corrected chi connectivity index (χ3v) is 4.14. The first kappa shape index (κ1) is 18.2. The van der Waals surface area contributed by atoms with E-state index in [2.05, 4.69) is 15.6 Å². The molecule has 0 saturated heterocycles. The molecule has 2 amide bonds. The maximum Gasteiger partial charge on any atom is 0.274 e. The number of halogens is 1. The fraction of sp³-hybridized carbons (Fsp3) is 0.158. The number of hydrogen-bond donors (Lipinski definition) is 2. The van der Waals surface area contributed by atoms with Crippen LogP contribution in [-0.2, 0) is 11.3 Å². The SMILES string of the molecule is Cc1c(C(=O)NC(C(N)=O)c2ccccc2)nnn1Cc1ccc(F)cc1. The quantitative estimate of drug-likeness (QED) is 0.692. The van der Waals surface area contributed by atoms with E-state index in [1.165, 1.54) is 16.8 Å². The van der Waals surface area contributed by atoms with Crippen LogP contribution < -0.4 is 11.1 Å². The van der Waals surface area contributed by atoms with Gasteiger partial charge in [0.15, 0.2) is 5.69 Å². The van der Waals surface area contributed by atoms with Crippen molar-refractivity contribution in [1.29, 1.82) is 0 Å². The van der Waals surface area contributed by atoms with Gasteiger partial charge in [0.25, 0.3) is 5.91 Å². The van der Waals surface area contributed by atoms with Gasteiger partial charge in [-0.25, -0.2) is 9.07 Å². The highest BCUT2D eigenvalue weighted by Crippen LogP contribution is 2.14. The van der Waals surface area contributed by atoms with Crippen molar-refractivity contribution in [3.63, 3.8) is 0 Å². The van der Waals surface area contributed by atoms with Gasteiger partial charge in [0, 0.05) is 0 Å². The third-order valence-electron chi connectivity index (χ3n) is 4.14. The number of hydrogen-bond acceptors (Lipinski definition) is 4. The predicted molar refractivity (Wildman–Crippen MR) is 96.1 cm³/mol. The topological polar surface area (TPSA) is 103 Å². The van der Waals surface area contributed by atoms with Gasteiger partial charge in [-0.15, -0.1) is 5.10 Å². The second-order valence-electron chi connectivity index (χ2n) is 6.03. The van der Waals surface area contributed by atoms with Gasteiger partial charge >= 0.3 is 0 Å². The van der Waals surface area contributed by atoms with Gasteiger partial charge < -0.3 is 11.1 Å². The summed E-state index contributed by atoms with van der Waals surface area (Å²) in [5.41, 5.74) is 7.44. The highest BCUT2D eigenvalue weighted by atomic mass is 19.1. The smallest absolute Gasteiger partial charge is 0.274 e. The van der Waals surface area contributed by atoms with E-state index in [4.69, 9.17) is 5.73 Å². The molecule has 27 heavy (non-hydrogen) atoms. The van der Waals surface area contributed by atoms with Gasteiger partial charge in [0.1, 0.15) is 11.9 Å².